The number of nitriles is 1. The maximum Gasteiger partial charge on any atom is 0.234 e. The molecule has 1 N–H and O–H groups in total. The van der Waals surface area contributed by atoms with E-state index in [2.05, 4.69) is 16.4 Å². The standard InChI is InChI=1S/C18H18FN3O2S/c1-11-4-5-14(7-16(11)19)22-17(23)10-25-18-15(8-20)13(9-24-3)6-12(2)21-18/h4-7H,9-10H2,1-3H3,(H,22,23). The first kappa shape index (κ1) is 18.9. The van der Waals surface area contributed by atoms with Crippen molar-refractivity contribution in [1.82, 2.24) is 4.98 Å². The molecular formula is C18H18FN3O2S. The summed E-state index contributed by atoms with van der Waals surface area (Å²) >= 11 is 1.17. The number of hydrogen-bond donors (Lipinski definition) is 1. The zero-order valence-corrected chi connectivity index (χ0v) is 15.0. The van der Waals surface area contributed by atoms with Gasteiger partial charge in [0.05, 0.1) is 17.9 Å². The molecule has 0 aliphatic heterocycles. The maximum absolute atomic E-state index is 13.5. The second-order valence-electron chi connectivity index (χ2n) is 5.45. The van der Waals surface area contributed by atoms with Crippen LogP contribution in [0.25, 0.3) is 0 Å². The molecule has 1 heterocycles. The molecule has 0 aliphatic carbocycles. The molecule has 2 rings (SSSR count). The van der Waals surface area contributed by atoms with Crippen LogP contribution in [0.1, 0.15) is 22.4 Å². The highest BCUT2D eigenvalue weighted by atomic mass is 32.2. The van der Waals surface area contributed by atoms with Crippen molar-refractivity contribution in [3.8, 4) is 6.07 Å². The number of rotatable bonds is 6. The van der Waals surface area contributed by atoms with Crippen LogP contribution in [-0.2, 0) is 16.1 Å². The number of nitrogens with zero attached hydrogens (tertiary/aromatic N) is 2. The van der Waals surface area contributed by atoms with Crippen LogP contribution in [0.15, 0.2) is 29.3 Å². The summed E-state index contributed by atoms with van der Waals surface area (Å²) in [6.07, 6.45) is 0. The minimum atomic E-state index is -0.373. The van der Waals surface area contributed by atoms with Gasteiger partial charge in [0.1, 0.15) is 16.9 Å². The summed E-state index contributed by atoms with van der Waals surface area (Å²) in [6, 6.07) is 8.43. The number of thioether (sulfide) groups is 1. The van der Waals surface area contributed by atoms with Crippen molar-refractivity contribution >= 4 is 23.4 Å². The highest BCUT2D eigenvalue weighted by molar-refractivity contribution is 8.00. The van der Waals surface area contributed by atoms with Gasteiger partial charge in [0.2, 0.25) is 5.91 Å². The fraction of sp³-hybridized carbons (Fsp3) is 0.278. The Hall–Kier alpha value is -2.43. The largest absolute Gasteiger partial charge is 0.380 e. The number of carbonyl (C=O) groups is 1. The lowest BCUT2D eigenvalue weighted by atomic mass is 10.1. The van der Waals surface area contributed by atoms with Gasteiger partial charge in [-0.05, 0) is 43.2 Å². The van der Waals surface area contributed by atoms with Crippen LogP contribution in [0.4, 0.5) is 10.1 Å². The number of ether oxygens (including phenoxy) is 1. The van der Waals surface area contributed by atoms with Gasteiger partial charge in [-0.25, -0.2) is 9.37 Å². The average Bonchev–Trinajstić information content (AvgIpc) is 2.56. The summed E-state index contributed by atoms with van der Waals surface area (Å²) in [5, 5.41) is 12.5. The number of halogens is 1. The summed E-state index contributed by atoms with van der Waals surface area (Å²) in [7, 11) is 1.55. The van der Waals surface area contributed by atoms with E-state index in [1.54, 1.807) is 32.2 Å². The number of hydrogen-bond acceptors (Lipinski definition) is 5. The first-order chi connectivity index (χ1) is 11.9. The van der Waals surface area contributed by atoms with Gasteiger partial charge < -0.3 is 10.1 Å². The van der Waals surface area contributed by atoms with Crippen LogP contribution >= 0.6 is 11.8 Å². The van der Waals surface area contributed by atoms with Crippen molar-refractivity contribution < 1.29 is 13.9 Å². The average molecular weight is 359 g/mol. The Morgan fingerprint density at radius 1 is 1.40 bits per heavy atom. The Kier molecular flexibility index (Phi) is 6.51. The topological polar surface area (TPSA) is 75.0 Å². The summed E-state index contributed by atoms with van der Waals surface area (Å²) in [5.41, 5.74) is 2.80. The molecule has 0 aliphatic rings. The van der Waals surface area contributed by atoms with Gasteiger partial charge in [0.25, 0.3) is 0 Å². The van der Waals surface area contributed by atoms with E-state index in [1.165, 1.54) is 17.8 Å². The molecule has 0 radical (unpaired) electrons. The molecule has 1 aromatic heterocycles. The van der Waals surface area contributed by atoms with E-state index in [0.717, 1.165) is 11.3 Å². The van der Waals surface area contributed by atoms with Gasteiger partial charge in [0, 0.05) is 18.5 Å². The Labute approximate surface area is 150 Å². The lowest BCUT2D eigenvalue weighted by Crippen LogP contribution is -2.14. The Morgan fingerprint density at radius 3 is 2.80 bits per heavy atom. The number of benzene rings is 1. The van der Waals surface area contributed by atoms with Crippen LogP contribution in [0.3, 0.4) is 0 Å². The molecule has 0 unspecified atom stereocenters. The number of nitrogens with one attached hydrogen (secondary N) is 1. The zero-order valence-electron chi connectivity index (χ0n) is 14.2. The van der Waals surface area contributed by atoms with Crippen molar-refractivity contribution in [2.24, 2.45) is 0 Å². The smallest absolute Gasteiger partial charge is 0.234 e. The van der Waals surface area contributed by atoms with Crippen LogP contribution < -0.4 is 5.32 Å². The fourth-order valence-electron chi connectivity index (χ4n) is 2.21. The van der Waals surface area contributed by atoms with Crippen LogP contribution in [0.5, 0.6) is 0 Å². The van der Waals surface area contributed by atoms with E-state index in [-0.39, 0.29) is 17.5 Å². The van der Waals surface area contributed by atoms with Gasteiger partial charge in [-0.1, -0.05) is 17.8 Å². The van der Waals surface area contributed by atoms with E-state index in [0.29, 0.717) is 28.4 Å². The van der Waals surface area contributed by atoms with Gasteiger partial charge in [-0.15, -0.1) is 0 Å². The van der Waals surface area contributed by atoms with Crippen molar-refractivity contribution in [2.45, 2.75) is 25.5 Å². The van der Waals surface area contributed by atoms with Crippen molar-refractivity contribution in [3.05, 3.63) is 52.5 Å². The molecule has 1 amide bonds. The van der Waals surface area contributed by atoms with E-state index in [9.17, 15) is 14.4 Å². The van der Waals surface area contributed by atoms with Gasteiger partial charge >= 0.3 is 0 Å². The van der Waals surface area contributed by atoms with Crippen LogP contribution in [0, 0.1) is 31.0 Å². The first-order valence-corrected chi connectivity index (χ1v) is 8.51. The Morgan fingerprint density at radius 2 is 2.16 bits per heavy atom. The number of aryl methyl sites for hydroxylation is 2. The number of amides is 1. The summed E-state index contributed by atoms with van der Waals surface area (Å²) in [5.74, 6) is -0.608. The molecule has 130 valence electrons. The van der Waals surface area contributed by atoms with Gasteiger partial charge in [-0.2, -0.15) is 5.26 Å². The van der Waals surface area contributed by atoms with E-state index >= 15 is 0 Å². The second-order valence-corrected chi connectivity index (χ2v) is 6.41. The molecule has 0 fully saturated rings. The number of methoxy groups -OCH3 is 1. The normalized spacial score (nSPS) is 10.4. The fourth-order valence-corrected chi connectivity index (χ4v) is 3.07. The Balaban J connectivity index is 2.08. The summed E-state index contributed by atoms with van der Waals surface area (Å²) in [4.78, 5) is 16.4. The number of aromatic nitrogens is 1. The van der Waals surface area contributed by atoms with Crippen LogP contribution in [-0.4, -0.2) is 23.8 Å². The minimum absolute atomic E-state index is 0.0626. The molecule has 0 spiro atoms. The Bertz CT molecular complexity index is 834. The molecule has 0 saturated heterocycles. The quantitative estimate of drug-likeness (QED) is 0.798. The van der Waals surface area contributed by atoms with Crippen molar-refractivity contribution in [2.75, 3.05) is 18.2 Å². The monoisotopic (exact) mass is 359 g/mol. The molecule has 7 heteroatoms. The molecule has 0 saturated carbocycles. The second kappa shape index (κ2) is 8.60. The predicted octanol–water partition coefficient (Wildman–Crippen LogP) is 3.59. The van der Waals surface area contributed by atoms with Gasteiger partial charge in [-0.3, -0.25) is 4.79 Å². The zero-order chi connectivity index (χ0) is 18.4. The molecule has 5 nitrogen and oxygen atoms in total. The SMILES string of the molecule is COCc1cc(C)nc(SCC(=O)Nc2ccc(C)c(F)c2)c1C#N. The lowest BCUT2D eigenvalue weighted by Gasteiger charge is -2.10. The van der Waals surface area contributed by atoms with Gasteiger partial charge in [0.15, 0.2) is 0 Å². The van der Waals surface area contributed by atoms with Crippen molar-refractivity contribution in [1.29, 1.82) is 5.26 Å². The molecule has 0 bridgehead atoms. The molecular weight excluding hydrogens is 341 g/mol. The van der Waals surface area contributed by atoms with E-state index in [4.69, 9.17) is 4.74 Å². The molecule has 2 aromatic rings. The molecule has 25 heavy (non-hydrogen) atoms. The number of anilines is 1. The summed E-state index contributed by atoms with van der Waals surface area (Å²) < 4.78 is 18.6. The van der Waals surface area contributed by atoms with E-state index in [1.807, 2.05) is 6.92 Å². The third kappa shape index (κ3) is 5.02. The highest BCUT2D eigenvalue weighted by Gasteiger charge is 2.14. The lowest BCUT2D eigenvalue weighted by molar-refractivity contribution is -0.113. The summed E-state index contributed by atoms with van der Waals surface area (Å²) in [6.45, 7) is 3.77. The maximum atomic E-state index is 13.5. The predicted molar refractivity (Wildman–Crippen MR) is 94.9 cm³/mol. The molecule has 1 aromatic carbocycles. The number of pyridine rings is 1. The highest BCUT2D eigenvalue weighted by Crippen LogP contribution is 2.25. The van der Waals surface area contributed by atoms with E-state index < -0.39 is 0 Å². The van der Waals surface area contributed by atoms with Crippen LogP contribution in [0.2, 0.25) is 0 Å². The number of carbonyl (C=O) groups excluding carboxylic acids is 1. The van der Waals surface area contributed by atoms with Crippen molar-refractivity contribution in [3.63, 3.8) is 0 Å². The third-order valence-electron chi connectivity index (χ3n) is 3.40. The third-order valence-corrected chi connectivity index (χ3v) is 4.38. The minimum Gasteiger partial charge on any atom is -0.380 e. The molecule has 0 atom stereocenters. The first-order valence-electron chi connectivity index (χ1n) is 7.53.